The summed E-state index contributed by atoms with van der Waals surface area (Å²) in [5.41, 5.74) is 9.88. The van der Waals surface area contributed by atoms with Crippen molar-refractivity contribution in [1.82, 2.24) is 4.72 Å². The predicted octanol–water partition coefficient (Wildman–Crippen LogP) is 2.62. The van der Waals surface area contributed by atoms with Gasteiger partial charge in [0.25, 0.3) is 5.91 Å². The van der Waals surface area contributed by atoms with Gasteiger partial charge in [0.15, 0.2) is 0 Å². The molecule has 0 saturated carbocycles. The van der Waals surface area contributed by atoms with Crippen LogP contribution in [0.15, 0.2) is 72.8 Å². The fraction of sp³-hybridized carbons (Fsp3) is 0.136. The van der Waals surface area contributed by atoms with Gasteiger partial charge in [-0.2, -0.15) is 8.42 Å². The highest BCUT2D eigenvalue weighted by atomic mass is 32.2. The fourth-order valence-corrected chi connectivity index (χ4v) is 4.46. The monoisotopic (exact) mass is 423 g/mol. The average Bonchev–Trinajstić information content (AvgIpc) is 3.01. The second kappa shape index (κ2) is 8.08. The van der Waals surface area contributed by atoms with Crippen LogP contribution in [-0.2, 0) is 28.0 Å². The van der Waals surface area contributed by atoms with Gasteiger partial charge in [0.05, 0.1) is 5.69 Å². The first-order chi connectivity index (χ1) is 14.4. The second-order valence-corrected chi connectivity index (χ2v) is 8.58. The van der Waals surface area contributed by atoms with Gasteiger partial charge in [0.2, 0.25) is 0 Å². The first-order valence-electron chi connectivity index (χ1n) is 9.39. The van der Waals surface area contributed by atoms with Crippen LogP contribution in [0, 0.1) is 0 Å². The predicted molar refractivity (Wildman–Crippen MR) is 115 cm³/mol. The molecule has 1 heterocycles. The molecule has 7 nitrogen and oxygen atoms in total. The Kier molecular flexibility index (Phi) is 5.33. The molecule has 30 heavy (non-hydrogen) atoms. The van der Waals surface area contributed by atoms with E-state index in [0.29, 0.717) is 23.5 Å². The number of para-hydroxylation sites is 1. The van der Waals surface area contributed by atoms with Gasteiger partial charge in [0.1, 0.15) is 18.9 Å². The SMILES string of the molecule is Nc1ccccc1Cc1ccc(N2CC(=O)NS2(=O)=O)c(OCc2ccccc2)c1. The van der Waals surface area contributed by atoms with Gasteiger partial charge in [-0.25, -0.2) is 9.03 Å². The molecule has 0 aromatic heterocycles. The van der Waals surface area contributed by atoms with E-state index in [0.717, 1.165) is 21.0 Å². The minimum Gasteiger partial charge on any atom is -0.487 e. The number of nitrogens with zero attached hydrogens (tertiary/aromatic N) is 1. The third-order valence-corrected chi connectivity index (χ3v) is 6.19. The number of nitrogen functional groups attached to an aromatic ring is 1. The Balaban J connectivity index is 1.68. The Bertz CT molecular complexity index is 1180. The van der Waals surface area contributed by atoms with Gasteiger partial charge >= 0.3 is 10.2 Å². The van der Waals surface area contributed by atoms with Crippen LogP contribution >= 0.6 is 0 Å². The van der Waals surface area contributed by atoms with Crippen molar-refractivity contribution in [2.75, 3.05) is 16.6 Å². The Morgan fingerprint density at radius 2 is 1.70 bits per heavy atom. The molecule has 3 aromatic rings. The third-order valence-electron chi connectivity index (χ3n) is 4.80. The van der Waals surface area contributed by atoms with Crippen LogP contribution in [0.25, 0.3) is 0 Å². The van der Waals surface area contributed by atoms with Crippen LogP contribution in [-0.4, -0.2) is 20.9 Å². The number of nitrogens with one attached hydrogen (secondary N) is 1. The molecule has 0 atom stereocenters. The molecule has 0 radical (unpaired) electrons. The summed E-state index contributed by atoms with van der Waals surface area (Å²) in [5, 5.41) is 0. The summed E-state index contributed by atoms with van der Waals surface area (Å²) in [5.74, 6) is -0.198. The van der Waals surface area contributed by atoms with Gasteiger partial charge in [-0.1, -0.05) is 54.6 Å². The molecule has 0 unspecified atom stereocenters. The first kappa shape index (κ1) is 19.8. The highest BCUT2D eigenvalue weighted by Gasteiger charge is 2.35. The lowest BCUT2D eigenvalue weighted by Crippen LogP contribution is -2.29. The summed E-state index contributed by atoms with van der Waals surface area (Å²) < 4.78 is 33.7. The zero-order valence-corrected chi connectivity index (χ0v) is 16.9. The van der Waals surface area contributed by atoms with Crippen molar-refractivity contribution in [3.05, 3.63) is 89.5 Å². The number of anilines is 2. The summed E-state index contributed by atoms with van der Waals surface area (Å²) in [4.78, 5) is 11.7. The zero-order chi connectivity index (χ0) is 21.1. The Morgan fingerprint density at radius 1 is 0.967 bits per heavy atom. The lowest BCUT2D eigenvalue weighted by atomic mass is 10.0. The summed E-state index contributed by atoms with van der Waals surface area (Å²) in [6, 6.07) is 22.4. The van der Waals surface area contributed by atoms with Crippen molar-refractivity contribution in [3.63, 3.8) is 0 Å². The molecule has 0 aliphatic carbocycles. The van der Waals surface area contributed by atoms with Gasteiger partial charge < -0.3 is 10.5 Å². The van der Waals surface area contributed by atoms with Crippen molar-refractivity contribution in [2.24, 2.45) is 0 Å². The Labute approximate surface area is 175 Å². The highest BCUT2D eigenvalue weighted by Crippen LogP contribution is 2.34. The van der Waals surface area contributed by atoms with Crippen molar-refractivity contribution in [2.45, 2.75) is 13.0 Å². The van der Waals surface area contributed by atoms with Crippen molar-refractivity contribution >= 4 is 27.5 Å². The molecule has 3 aromatic carbocycles. The van der Waals surface area contributed by atoms with Crippen LogP contribution in [0.2, 0.25) is 0 Å². The quantitative estimate of drug-likeness (QED) is 0.594. The molecular weight excluding hydrogens is 402 g/mol. The lowest BCUT2D eigenvalue weighted by molar-refractivity contribution is -0.117. The van der Waals surface area contributed by atoms with E-state index >= 15 is 0 Å². The maximum absolute atomic E-state index is 12.3. The molecule has 4 rings (SSSR count). The van der Waals surface area contributed by atoms with Crippen LogP contribution < -0.4 is 19.5 Å². The molecule has 1 amide bonds. The van der Waals surface area contributed by atoms with Gasteiger partial charge in [-0.15, -0.1) is 0 Å². The van der Waals surface area contributed by atoms with Crippen LogP contribution in [0.3, 0.4) is 0 Å². The number of nitrogens with two attached hydrogens (primary N) is 1. The van der Waals surface area contributed by atoms with Crippen molar-refractivity contribution in [1.29, 1.82) is 0 Å². The maximum atomic E-state index is 12.3. The average molecular weight is 423 g/mol. The number of carbonyl (C=O) groups is 1. The number of benzene rings is 3. The smallest absolute Gasteiger partial charge is 0.326 e. The van der Waals surface area contributed by atoms with Crippen LogP contribution in [0.1, 0.15) is 16.7 Å². The molecule has 1 aliphatic heterocycles. The fourth-order valence-electron chi connectivity index (χ4n) is 3.30. The number of hydrogen-bond acceptors (Lipinski definition) is 5. The number of ether oxygens (including phenoxy) is 1. The lowest BCUT2D eigenvalue weighted by Gasteiger charge is -2.20. The molecule has 0 bridgehead atoms. The van der Waals surface area contributed by atoms with E-state index in [1.165, 1.54) is 0 Å². The van der Waals surface area contributed by atoms with E-state index in [2.05, 4.69) is 0 Å². The summed E-state index contributed by atoms with van der Waals surface area (Å²) in [6.07, 6.45) is 0.568. The van der Waals surface area contributed by atoms with E-state index in [9.17, 15) is 13.2 Å². The van der Waals surface area contributed by atoms with E-state index in [1.54, 1.807) is 12.1 Å². The molecule has 3 N–H and O–H groups in total. The molecule has 1 aliphatic rings. The normalized spacial score (nSPS) is 15.1. The molecule has 154 valence electrons. The standard InChI is InChI=1S/C22H21N3O4S/c23-19-9-5-4-8-18(19)12-17-10-11-20(25-14-22(26)24-30(25,27)28)21(13-17)29-15-16-6-2-1-3-7-16/h1-11,13H,12,14-15,23H2,(H,24,26). The topological polar surface area (TPSA) is 102 Å². The number of rotatable bonds is 6. The van der Waals surface area contributed by atoms with Crippen LogP contribution in [0.4, 0.5) is 11.4 Å². The largest absolute Gasteiger partial charge is 0.487 e. The summed E-state index contributed by atoms with van der Waals surface area (Å²) in [6.45, 7) is -0.0188. The third kappa shape index (κ3) is 4.23. The van der Waals surface area contributed by atoms with Crippen molar-refractivity contribution < 1.29 is 17.9 Å². The van der Waals surface area contributed by atoms with Gasteiger partial charge in [-0.3, -0.25) is 4.79 Å². The van der Waals surface area contributed by atoms with Crippen LogP contribution in [0.5, 0.6) is 5.75 Å². The molecule has 1 saturated heterocycles. The van der Waals surface area contributed by atoms with E-state index < -0.39 is 16.1 Å². The Hall–Kier alpha value is -3.52. The zero-order valence-electron chi connectivity index (χ0n) is 16.1. The number of amides is 1. The number of hydrogen-bond donors (Lipinski definition) is 2. The Morgan fingerprint density at radius 3 is 2.40 bits per heavy atom. The molecule has 1 fully saturated rings. The highest BCUT2D eigenvalue weighted by molar-refractivity contribution is 7.92. The maximum Gasteiger partial charge on any atom is 0.326 e. The van der Waals surface area contributed by atoms with E-state index in [-0.39, 0.29) is 13.2 Å². The molecule has 0 spiro atoms. The van der Waals surface area contributed by atoms with Crippen molar-refractivity contribution in [3.8, 4) is 5.75 Å². The van der Waals surface area contributed by atoms with E-state index in [1.807, 2.05) is 65.4 Å². The minimum atomic E-state index is -3.94. The minimum absolute atomic E-state index is 0.264. The van der Waals surface area contributed by atoms with Gasteiger partial charge in [-0.05, 0) is 41.3 Å². The molecule has 8 heteroatoms. The second-order valence-electron chi connectivity index (χ2n) is 6.99. The van der Waals surface area contributed by atoms with E-state index in [4.69, 9.17) is 10.5 Å². The molecular formula is C22H21N3O4S. The number of carbonyl (C=O) groups excluding carboxylic acids is 1. The van der Waals surface area contributed by atoms with Gasteiger partial charge in [0, 0.05) is 5.69 Å². The first-order valence-corrected chi connectivity index (χ1v) is 10.8. The summed E-state index contributed by atoms with van der Waals surface area (Å²) >= 11 is 0. The summed E-state index contributed by atoms with van der Waals surface area (Å²) in [7, 11) is -3.94.